The molecule has 15 heteroatoms. The first-order valence-electron chi connectivity index (χ1n) is 17.2. The first-order chi connectivity index (χ1) is 26.1. The number of imide groups is 2. The Morgan fingerprint density at radius 1 is 0.927 bits per heavy atom. The van der Waals surface area contributed by atoms with Gasteiger partial charge in [0.05, 0.1) is 39.4 Å². The van der Waals surface area contributed by atoms with Gasteiger partial charge in [-0.3, -0.25) is 34.3 Å². The zero-order valence-corrected chi connectivity index (χ0v) is 30.2. The van der Waals surface area contributed by atoms with Crippen LogP contribution in [0.2, 0.25) is 10.0 Å². The number of carbonyl (C=O) groups is 5. The molecule has 2 saturated heterocycles. The molecule has 4 amide bonds. The van der Waals surface area contributed by atoms with Gasteiger partial charge in [0.1, 0.15) is 5.75 Å². The predicted molar refractivity (Wildman–Crippen MR) is 194 cm³/mol. The zero-order chi connectivity index (χ0) is 39.1. The fraction of sp³-hybridized carbons (Fsp3) is 0.250. The van der Waals surface area contributed by atoms with Gasteiger partial charge in [0.15, 0.2) is 11.6 Å². The summed E-state index contributed by atoms with van der Waals surface area (Å²) in [4.78, 5) is 75.3. The lowest BCUT2D eigenvalue weighted by Gasteiger charge is -2.50. The summed E-state index contributed by atoms with van der Waals surface area (Å²) in [5.41, 5.74) is 1.84. The molecular weight excluding hydrogens is 760 g/mol. The van der Waals surface area contributed by atoms with Crippen molar-refractivity contribution >= 4 is 64.1 Å². The average Bonchev–Trinajstić information content (AvgIpc) is 3.52. The number of carbonyl (C=O) groups excluding carboxylic acids is 5. The maximum absolute atomic E-state index is 15.2. The largest absolute Gasteiger partial charge is 0.508 e. The third-order valence-electron chi connectivity index (χ3n) is 11.3. The number of nitrogens with one attached hydrogen (secondary N) is 1. The Labute approximate surface area is 321 Å². The van der Waals surface area contributed by atoms with Gasteiger partial charge in [-0.05, 0) is 91.4 Å². The van der Waals surface area contributed by atoms with Crippen LogP contribution in [0.3, 0.4) is 0 Å². The molecule has 1 saturated carbocycles. The maximum Gasteiger partial charge on any atom is 0.417 e. The minimum atomic E-state index is -4.76. The van der Waals surface area contributed by atoms with Gasteiger partial charge < -0.3 is 5.11 Å². The molecule has 280 valence electrons. The molecule has 3 heterocycles. The number of fused-ring (bicyclic) bond motifs is 4. The number of aromatic nitrogens is 1. The van der Waals surface area contributed by atoms with Gasteiger partial charge in [-0.15, -0.1) is 0 Å². The van der Waals surface area contributed by atoms with Crippen molar-refractivity contribution in [2.45, 2.75) is 37.3 Å². The Balaban J connectivity index is 1.28. The first kappa shape index (κ1) is 36.4. The predicted octanol–water partition coefficient (Wildman–Crippen LogP) is 7.50. The van der Waals surface area contributed by atoms with Crippen LogP contribution in [-0.2, 0) is 30.8 Å². The summed E-state index contributed by atoms with van der Waals surface area (Å²) >= 11 is 12.5. The van der Waals surface area contributed by atoms with E-state index in [-0.39, 0.29) is 35.9 Å². The summed E-state index contributed by atoms with van der Waals surface area (Å²) in [5.74, 6) is -7.84. The average molecular weight is 790 g/mol. The van der Waals surface area contributed by atoms with Crippen LogP contribution in [0.1, 0.15) is 52.7 Å². The van der Waals surface area contributed by atoms with E-state index in [2.05, 4.69) is 10.4 Å². The van der Waals surface area contributed by atoms with E-state index in [0.29, 0.717) is 44.6 Å². The number of hydrogen-bond donors (Lipinski definition) is 2. The summed E-state index contributed by atoms with van der Waals surface area (Å²) in [6, 6.07) is 19.3. The number of allylic oxidation sites excluding steroid dienone is 2. The van der Waals surface area contributed by atoms with Gasteiger partial charge in [0.25, 0.3) is 11.8 Å². The quantitative estimate of drug-likeness (QED) is 0.116. The van der Waals surface area contributed by atoms with Crippen LogP contribution in [0.15, 0.2) is 96.7 Å². The van der Waals surface area contributed by atoms with Crippen molar-refractivity contribution in [2.24, 2.45) is 23.7 Å². The first-order valence-corrected chi connectivity index (χ1v) is 18.0. The molecule has 10 nitrogen and oxygen atoms in total. The highest BCUT2D eigenvalue weighted by Crippen LogP contribution is 2.64. The molecule has 2 aliphatic heterocycles. The van der Waals surface area contributed by atoms with Gasteiger partial charge in [-0.1, -0.05) is 59.1 Å². The molecule has 4 aromatic rings. The van der Waals surface area contributed by atoms with Crippen LogP contribution in [0.5, 0.6) is 5.75 Å². The summed E-state index contributed by atoms with van der Waals surface area (Å²) in [5, 5.41) is 11.3. The van der Waals surface area contributed by atoms with Gasteiger partial charge in [-0.25, -0.2) is 4.98 Å². The highest BCUT2D eigenvalue weighted by Gasteiger charge is 2.70. The molecule has 2 aliphatic carbocycles. The van der Waals surface area contributed by atoms with Crippen molar-refractivity contribution < 1.29 is 42.3 Å². The number of amides is 4. The highest BCUT2D eigenvalue weighted by atomic mass is 35.5. The molecule has 8 rings (SSSR count). The smallest absolute Gasteiger partial charge is 0.417 e. The molecule has 1 aromatic heterocycles. The third kappa shape index (κ3) is 5.62. The molecule has 0 unspecified atom stereocenters. The molecule has 0 bridgehead atoms. The number of aromatic hydroxyl groups is 1. The zero-order valence-electron chi connectivity index (χ0n) is 28.7. The standard InChI is InChI=1S/C40H29Cl2F3N4O6/c1-19(50)20-5-11-25(12-6-20)48-35(52)28-14-13-27-29(32(28)37(48)54)17-30-36(53)49(47-34-31(42)16-23(18-46-34)40(43,44)45)38(55)39(30,22-7-9-24(41)10-8-22)33(27)21-3-2-4-26(51)15-21/h2-13,15-16,18,28-30,32-33,51H,14,17H2,1H3,(H,46,47)/t28-,29+,30-,32-,33-,39+/m0/s1. The number of alkyl halides is 3. The number of halogens is 5. The van der Waals surface area contributed by atoms with Crippen LogP contribution in [-0.4, -0.2) is 44.5 Å². The SMILES string of the molecule is CC(=O)c1ccc(N2C(=O)[C@H]3[C@H](CC=C4[C@H]3C[C@H]3C(=O)N(Nc5ncc(C(F)(F)F)cc5Cl)C(=O)[C@@]3(c3ccc(Cl)cc3)[C@H]4c3cccc(O)c3)C2=O)cc1. The van der Waals surface area contributed by atoms with Crippen molar-refractivity contribution in [3.63, 3.8) is 0 Å². The van der Waals surface area contributed by atoms with E-state index in [4.69, 9.17) is 23.2 Å². The summed E-state index contributed by atoms with van der Waals surface area (Å²) in [6.45, 7) is 1.40. The van der Waals surface area contributed by atoms with Gasteiger partial charge in [0, 0.05) is 22.7 Å². The summed E-state index contributed by atoms with van der Waals surface area (Å²) < 4.78 is 40.4. The van der Waals surface area contributed by atoms with E-state index < -0.39 is 75.4 Å². The molecule has 3 aromatic carbocycles. The maximum atomic E-state index is 15.2. The van der Waals surface area contributed by atoms with E-state index in [1.54, 1.807) is 36.4 Å². The van der Waals surface area contributed by atoms with E-state index in [1.165, 1.54) is 43.3 Å². The molecule has 0 spiro atoms. The lowest BCUT2D eigenvalue weighted by atomic mass is 9.49. The topological polar surface area (TPSA) is 137 Å². The second-order valence-corrected chi connectivity index (χ2v) is 15.0. The van der Waals surface area contributed by atoms with E-state index in [0.717, 1.165) is 4.90 Å². The number of Topliss-reactive ketones (excluding diaryl/α,β-unsaturated/α-hetero) is 1. The van der Waals surface area contributed by atoms with Crippen molar-refractivity contribution in [1.82, 2.24) is 9.99 Å². The Hall–Kier alpha value is -5.53. The molecular formula is C40H29Cl2F3N4O6. The number of phenolic OH excluding ortho intramolecular Hbond substituents is 1. The van der Waals surface area contributed by atoms with Crippen LogP contribution in [0, 0.1) is 23.7 Å². The van der Waals surface area contributed by atoms with Gasteiger partial charge in [0.2, 0.25) is 11.8 Å². The van der Waals surface area contributed by atoms with E-state index in [1.807, 2.05) is 6.08 Å². The number of rotatable bonds is 6. The van der Waals surface area contributed by atoms with E-state index in [9.17, 15) is 37.5 Å². The fourth-order valence-corrected chi connectivity index (χ4v) is 9.30. The van der Waals surface area contributed by atoms with Crippen molar-refractivity contribution in [2.75, 3.05) is 10.3 Å². The number of pyridine rings is 1. The lowest BCUT2D eigenvalue weighted by Crippen LogP contribution is -2.53. The van der Waals surface area contributed by atoms with Crippen molar-refractivity contribution in [3.05, 3.63) is 129 Å². The Bertz CT molecular complexity index is 2350. The third-order valence-corrected chi connectivity index (χ3v) is 11.8. The van der Waals surface area contributed by atoms with Crippen LogP contribution < -0.4 is 10.3 Å². The Morgan fingerprint density at radius 2 is 1.64 bits per heavy atom. The molecule has 55 heavy (non-hydrogen) atoms. The number of hydrazine groups is 1. The van der Waals surface area contributed by atoms with Gasteiger partial charge in [-0.2, -0.15) is 18.2 Å². The number of ketones is 1. The Kier molecular flexibility index (Phi) is 8.65. The number of benzene rings is 3. The van der Waals surface area contributed by atoms with Crippen LogP contribution in [0.4, 0.5) is 24.7 Å². The second kappa shape index (κ2) is 13.1. The van der Waals surface area contributed by atoms with E-state index >= 15 is 4.79 Å². The Morgan fingerprint density at radius 3 is 2.27 bits per heavy atom. The minimum absolute atomic E-state index is 0.0714. The van der Waals surface area contributed by atoms with Gasteiger partial charge >= 0.3 is 6.18 Å². The molecule has 4 aliphatic rings. The monoisotopic (exact) mass is 788 g/mol. The fourth-order valence-electron chi connectivity index (χ4n) is 8.96. The van der Waals surface area contributed by atoms with Crippen LogP contribution in [0.25, 0.3) is 0 Å². The molecule has 3 fully saturated rings. The minimum Gasteiger partial charge on any atom is -0.508 e. The highest BCUT2D eigenvalue weighted by molar-refractivity contribution is 6.33. The molecule has 2 N–H and O–H groups in total. The summed E-state index contributed by atoms with van der Waals surface area (Å²) in [6.07, 6.45) is -2.33. The molecule has 0 radical (unpaired) electrons. The number of anilines is 2. The van der Waals surface area contributed by atoms with Crippen LogP contribution >= 0.6 is 23.2 Å². The van der Waals surface area contributed by atoms with Crippen molar-refractivity contribution in [1.29, 1.82) is 0 Å². The number of phenols is 1. The molecule has 6 atom stereocenters. The second-order valence-electron chi connectivity index (χ2n) is 14.1. The normalized spacial score (nSPS) is 26.1. The van der Waals surface area contributed by atoms with Crippen molar-refractivity contribution in [3.8, 4) is 5.75 Å². The number of hydrogen-bond acceptors (Lipinski definition) is 8. The number of nitrogens with zero attached hydrogens (tertiary/aromatic N) is 3. The lowest BCUT2D eigenvalue weighted by molar-refractivity contribution is -0.139. The summed E-state index contributed by atoms with van der Waals surface area (Å²) in [7, 11) is 0.